The van der Waals surface area contributed by atoms with E-state index in [0.717, 1.165) is 6.42 Å². The van der Waals surface area contributed by atoms with E-state index in [1.165, 1.54) is 4.68 Å². The van der Waals surface area contributed by atoms with E-state index in [0.29, 0.717) is 36.2 Å². The quantitative estimate of drug-likeness (QED) is 0.791. The van der Waals surface area contributed by atoms with Crippen molar-refractivity contribution in [2.45, 2.75) is 26.8 Å². The first-order valence-electron chi connectivity index (χ1n) is 7.81. The lowest BCUT2D eigenvalue weighted by Gasteiger charge is -2.12. The topological polar surface area (TPSA) is 73.2 Å². The maximum absolute atomic E-state index is 12.5. The van der Waals surface area contributed by atoms with Gasteiger partial charge in [0.1, 0.15) is 0 Å². The maximum atomic E-state index is 12.5. The van der Waals surface area contributed by atoms with E-state index in [1.54, 1.807) is 31.4 Å². The van der Waals surface area contributed by atoms with E-state index >= 15 is 0 Å². The van der Waals surface area contributed by atoms with Crippen LogP contribution in [0.5, 0.6) is 0 Å². The van der Waals surface area contributed by atoms with E-state index in [4.69, 9.17) is 4.74 Å². The molecule has 0 spiro atoms. The summed E-state index contributed by atoms with van der Waals surface area (Å²) < 4.78 is 6.35. The van der Waals surface area contributed by atoms with Crippen molar-refractivity contribution in [1.82, 2.24) is 15.1 Å². The van der Waals surface area contributed by atoms with E-state index in [9.17, 15) is 9.59 Å². The van der Waals surface area contributed by atoms with E-state index < -0.39 is 0 Å². The van der Waals surface area contributed by atoms with Gasteiger partial charge in [0.2, 0.25) is 0 Å². The molecule has 0 bridgehead atoms. The molecule has 6 nitrogen and oxygen atoms in total. The van der Waals surface area contributed by atoms with Gasteiger partial charge in [-0.25, -0.2) is 4.68 Å². The molecule has 1 amide bonds. The monoisotopic (exact) mass is 317 g/mol. The number of fused-ring (bicyclic) bond motifs is 1. The highest BCUT2D eigenvalue weighted by molar-refractivity contribution is 6.04. The summed E-state index contributed by atoms with van der Waals surface area (Å²) in [4.78, 5) is 24.9. The molecule has 2 aromatic rings. The summed E-state index contributed by atoms with van der Waals surface area (Å²) in [6, 6.07) is 7.09. The summed E-state index contributed by atoms with van der Waals surface area (Å²) in [5, 5.41) is 8.23. The van der Waals surface area contributed by atoms with E-state index in [-0.39, 0.29) is 17.4 Å². The molecule has 2 rings (SSSR count). The Kier molecular flexibility index (Phi) is 5.87. The Morgan fingerprint density at radius 2 is 2.00 bits per heavy atom. The molecule has 0 atom stereocenters. The predicted octanol–water partition coefficient (Wildman–Crippen LogP) is 1.82. The van der Waals surface area contributed by atoms with Crippen LogP contribution < -0.4 is 10.9 Å². The lowest BCUT2D eigenvalue weighted by Crippen LogP contribution is -2.32. The van der Waals surface area contributed by atoms with Crippen molar-refractivity contribution in [1.29, 1.82) is 0 Å². The molecule has 0 aliphatic heterocycles. The van der Waals surface area contributed by atoms with Crippen LogP contribution in [0.15, 0.2) is 29.1 Å². The van der Waals surface area contributed by atoms with Crippen molar-refractivity contribution < 1.29 is 9.53 Å². The van der Waals surface area contributed by atoms with Crippen LogP contribution in [0.2, 0.25) is 0 Å². The number of amides is 1. The van der Waals surface area contributed by atoms with Crippen molar-refractivity contribution in [3.63, 3.8) is 0 Å². The number of nitrogens with zero attached hydrogens (tertiary/aromatic N) is 2. The summed E-state index contributed by atoms with van der Waals surface area (Å²) in [6.45, 7) is 5.59. The minimum Gasteiger partial charge on any atom is -0.385 e. The average molecular weight is 317 g/mol. The molecular weight excluding hydrogens is 294 g/mol. The number of ether oxygens (including phenoxy) is 1. The van der Waals surface area contributed by atoms with Crippen LogP contribution in [0, 0.1) is 5.92 Å². The first-order valence-corrected chi connectivity index (χ1v) is 7.81. The van der Waals surface area contributed by atoms with Crippen LogP contribution in [-0.2, 0) is 11.3 Å². The Morgan fingerprint density at radius 3 is 2.65 bits per heavy atom. The number of nitrogens with one attached hydrogen (secondary N) is 1. The third kappa shape index (κ3) is 4.16. The Labute approximate surface area is 135 Å². The smallest absolute Gasteiger partial charge is 0.274 e. The van der Waals surface area contributed by atoms with Crippen molar-refractivity contribution in [2.24, 2.45) is 5.92 Å². The predicted molar refractivity (Wildman–Crippen MR) is 89.7 cm³/mol. The minimum atomic E-state index is -0.269. The largest absolute Gasteiger partial charge is 0.385 e. The van der Waals surface area contributed by atoms with Gasteiger partial charge in [-0.2, -0.15) is 5.10 Å². The molecule has 0 saturated carbocycles. The summed E-state index contributed by atoms with van der Waals surface area (Å²) in [5.41, 5.74) is 0.128. The Balaban J connectivity index is 2.39. The van der Waals surface area contributed by atoms with Crippen LogP contribution in [0.25, 0.3) is 10.8 Å². The van der Waals surface area contributed by atoms with E-state index in [1.807, 2.05) is 13.8 Å². The van der Waals surface area contributed by atoms with Gasteiger partial charge >= 0.3 is 0 Å². The van der Waals surface area contributed by atoms with Gasteiger partial charge in [-0.05, 0) is 18.4 Å². The standard InChI is InChI=1S/C17H23N3O3/c1-12(2)11-20-17(22)14-8-5-4-7-13(14)15(19-20)16(21)18-9-6-10-23-3/h4-5,7-8,12H,6,9-11H2,1-3H3,(H,18,21). The number of rotatable bonds is 7. The molecule has 1 heterocycles. The number of carbonyl (C=O) groups is 1. The zero-order valence-electron chi connectivity index (χ0n) is 13.8. The van der Waals surface area contributed by atoms with Crippen molar-refractivity contribution >= 4 is 16.7 Å². The number of methoxy groups -OCH3 is 1. The van der Waals surface area contributed by atoms with Gasteiger partial charge in [0.15, 0.2) is 5.69 Å². The Hall–Kier alpha value is -2.21. The fourth-order valence-corrected chi connectivity index (χ4v) is 2.37. The fourth-order valence-electron chi connectivity index (χ4n) is 2.37. The number of aromatic nitrogens is 2. The van der Waals surface area contributed by atoms with Gasteiger partial charge in [0.25, 0.3) is 11.5 Å². The Bertz CT molecular complexity index is 737. The molecular formula is C17H23N3O3. The van der Waals surface area contributed by atoms with Gasteiger partial charge in [-0.3, -0.25) is 9.59 Å². The third-order valence-electron chi connectivity index (χ3n) is 3.43. The van der Waals surface area contributed by atoms with Crippen molar-refractivity contribution in [3.8, 4) is 0 Å². The average Bonchev–Trinajstić information content (AvgIpc) is 2.53. The number of benzene rings is 1. The summed E-state index contributed by atoms with van der Waals surface area (Å²) in [5.74, 6) is -0.00575. The number of carbonyl (C=O) groups excluding carboxylic acids is 1. The second kappa shape index (κ2) is 7.87. The van der Waals surface area contributed by atoms with Crippen LogP contribution in [0.1, 0.15) is 30.8 Å². The zero-order valence-corrected chi connectivity index (χ0v) is 13.8. The minimum absolute atomic E-state index is 0.162. The zero-order chi connectivity index (χ0) is 16.8. The second-order valence-electron chi connectivity index (χ2n) is 5.88. The first-order chi connectivity index (χ1) is 11.0. The summed E-state index contributed by atoms with van der Waals surface area (Å²) in [7, 11) is 1.62. The van der Waals surface area contributed by atoms with Gasteiger partial charge < -0.3 is 10.1 Å². The first kappa shape index (κ1) is 17.1. The Morgan fingerprint density at radius 1 is 1.30 bits per heavy atom. The van der Waals surface area contributed by atoms with Crippen LogP contribution >= 0.6 is 0 Å². The molecule has 1 aromatic heterocycles. The summed E-state index contributed by atoms with van der Waals surface area (Å²) >= 11 is 0. The van der Waals surface area contributed by atoms with E-state index in [2.05, 4.69) is 10.4 Å². The van der Waals surface area contributed by atoms with Gasteiger partial charge in [0, 0.05) is 32.2 Å². The third-order valence-corrected chi connectivity index (χ3v) is 3.43. The highest BCUT2D eigenvalue weighted by Crippen LogP contribution is 2.13. The maximum Gasteiger partial charge on any atom is 0.274 e. The lowest BCUT2D eigenvalue weighted by molar-refractivity contribution is 0.0943. The molecule has 23 heavy (non-hydrogen) atoms. The van der Waals surface area contributed by atoms with Gasteiger partial charge in [0.05, 0.1) is 5.39 Å². The molecule has 1 N–H and O–H groups in total. The molecule has 6 heteroatoms. The molecule has 0 radical (unpaired) electrons. The molecule has 0 fully saturated rings. The highest BCUT2D eigenvalue weighted by atomic mass is 16.5. The lowest BCUT2D eigenvalue weighted by atomic mass is 10.1. The molecule has 0 unspecified atom stereocenters. The van der Waals surface area contributed by atoms with Crippen molar-refractivity contribution in [2.75, 3.05) is 20.3 Å². The number of hydrogen-bond donors (Lipinski definition) is 1. The highest BCUT2D eigenvalue weighted by Gasteiger charge is 2.16. The molecule has 1 aromatic carbocycles. The summed E-state index contributed by atoms with van der Waals surface area (Å²) in [6.07, 6.45) is 0.728. The van der Waals surface area contributed by atoms with Crippen LogP contribution in [0.3, 0.4) is 0 Å². The molecule has 0 aliphatic carbocycles. The van der Waals surface area contributed by atoms with Crippen molar-refractivity contribution in [3.05, 3.63) is 40.3 Å². The second-order valence-corrected chi connectivity index (χ2v) is 5.88. The van der Waals surface area contributed by atoms with Crippen LogP contribution in [-0.4, -0.2) is 35.9 Å². The SMILES string of the molecule is COCCCNC(=O)c1nn(CC(C)C)c(=O)c2ccccc12. The molecule has 0 saturated heterocycles. The van der Waals surface area contributed by atoms with Crippen LogP contribution in [0.4, 0.5) is 0 Å². The van der Waals surface area contributed by atoms with Gasteiger partial charge in [-0.1, -0.05) is 32.0 Å². The fraction of sp³-hybridized carbons (Fsp3) is 0.471. The van der Waals surface area contributed by atoms with Gasteiger partial charge in [-0.15, -0.1) is 0 Å². The normalized spacial score (nSPS) is 11.1. The number of hydrogen-bond acceptors (Lipinski definition) is 4. The molecule has 124 valence electrons. The molecule has 0 aliphatic rings.